The van der Waals surface area contributed by atoms with Crippen molar-refractivity contribution in [2.45, 2.75) is 11.4 Å². The molecule has 3 rings (SSSR count). The number of thiocarbonyl (C=S) groups is 1. The number of likely N-dealkylation sites (N-methyl/N-ethyl adjacent to an activating group) is 1. The lowest BCUT2D eigenvalue weighted by atomic mass is 10.1. The molecule has 2 atom stereocenters. The van der Waals surface area contributed by atoms with Gasteiger partial charge in [-0.15, -0.1) is 11.8 Å². The molecule has 21 heavy (non-hydrogen) atoms. The predicted molar refractivity (Wildman–Crippen MR) is 84.0 cm³/mol. The first kappa shape index (κ1) is 14.3. The molecule has 0 aromatic heterocycles. The molecule has 5 nitrogen and oxygen atoms in total. The van der Waals surface area contributed by atoms with Crippen LogP contribution >= 0.6 is 24.0 Å². The first-order valence-corrected chi connectivity index (χ1v) is 7.90. The lowest BCUT2D eigenvalue weighted by Crippen LogP contribution is -2.32. The molecule has 2 aliphatic heterocycles. The van der Waals surface area contributed by atoms with Crippen molar-refractivity contribution in [3.8, 4) is 0 Å². The number of ether oxygens (including phenoxy) is 1. The minimum absolute atomic E-state index is 0.0168. The van der Waals surface area contributed by atoms with Crippen molar-refractivity contribution in [3.63, 3.8) is 0 Å². The molecule has 0 aliphatic carbocycles. The second kappa shape index (κ2) is 5.31. The standard InChI is InChI=1S/C14H14N2O3S2/c1-15-11(17)10-7-21-12(16(10)14(15)20)8-3-5-9(6-4-8)13(18)19-2/h3-6,10,12H,7H2,1-2H3/t10-,12+/m0/s1. The van der Waals surface area contributed by atoms with E-state index in [1.54, 1.807) is 30.9 Å². The lowest BCUT2D eigenvalue weighted by Gasteiger charge is -2.24. The molecule has 2 fully saturated rings. The molecule has 0 saturated carbocycles. The van der Waals surface area contributed by atoms with E-state index >= 15 is 0 Å². The van der Waals surface area contributed by atoms with Crippen LogP contribution in [0, 0.1) is 0 Å². The zero-order chi connectivity index (χ0) is 15.1. The van der Waals surface area contributed by atoms with E-state index in [0.29, 0.717) is 10.7 Å². The number of nitrogens with zero attached hydrogens (tertiary/aromatic N) is 2. The molecule has 1 amide bonds. The zero-order valence-corrected chi connectivity index (χ0v) is 13.2. The van der Waals surface area contributed by atoms with Crippen LogP contribution < -0.4 is 0 Å². The fraction of sp³-hybridized carbons (Fsp3) is 0.357. The Labute approximate surface area is 132 Å². The lowest BCUT2D eigenvalue weighted by molar-refractivity contribution is -0.126. The molecular formula is C14H14N2O3S2. The van der Waals surface area contributed by atoms with Gasteiger partial charge in [-0.05, 0) is 29.9 Å². The first-order valence-electron chi connectivity index (χ1n) is 6.44. The maximum Gasteiger partial charge on any atom is 0.337 e. The third kappa shape index (κ3) is 2.20. The molecule has 2 heterocycles. The van der Waals surface area contributed by atoms with E-state index in [0.717, 1.165) is 11.3 Å². The molecule has 2 saturated heterocycles. The van der Waals surface area contributed by atoms with Gasteiger partial charge in [-0.1, -0.05) is 12.1 Å². The summed E-state index contributed by atoms with van der Waals surface area (Å²) in [7, 11) is 3.07. The average molecular weight is 322 g/mol. The van der Waals surface area contributed by atoms with E-state index in [1.807, 2.05) is 17.0 Å². The number of esters is 1. The third-order valence-corrected chi connectivity index (χ3v) is 5.55. The van der Waals surface area contributed by atoms with E-state index in [2.05, 4.69) is 4.74 Å². The van der Waals surface area contributed by atoms with Crippen LogP contribution in [0.1, 0.15) is 21.3 Å². The molecule has 110 valence electrons. The second-order valence-electron chi connectivity index (χ2n) is 4.90. The summed E-state index contributed by atoms with van der Waals surface area (Å²) in [6.45, 7) is 0. The summed E-state index contributed by atoms with van der Waals surface area (Å²) in [6, 6.07) is 7.08. The Kier molecular flexibility index (Phi) is 3.62. The Hall–Kier alpha value is -1.60. The number of amides is 1. The van der Waals surface area contributed by atoms with Gasteiger partial charge in [0.25, 0.3) is 5.91 Å². The highest BCUT2D eigenvalue weighted by Gasteiger charge is 2.48. The molecule has 0 spiro atoms. The maximum atomic E-state index is 12.1. The monoisotopic (exact) mass is 322 g/mol. The first-order chi connectivity index (χ1) is 10.0. The van der Waals surface area contributed by atoms with Gasteiger partial charge in [-0.3, -0.25) is 9.69 Å². The average Bonchev–Trinajstić information content (AvgIpc) is 3.04. The summed E-state index contributed by atoms with van der Waals surface area (Å²) in [5, 5.41) is 0.583. The molecule has 0 N–H and O–H groups in total. The van der Waals surface area contributed by atoms with Gasteiger partial charge in [0, 0.05) is 12.8 Å². The van der Waals surface area contributed by atoms with Gasteiger partial charge in [-0.2, -0.15) is 0 Å². The minimum atomic E-state index is -0.356. The van der Waals surface area contributed by atoms with Gasteiger partial charge >= 0.3 is 5.97 Å². The van der Waals surface area contributed by atoms with Gasteiger partial charge in [-0.25, -0.2) is 4.79 Å². The van der Waals surface area contributed by atoms with Gasteiger partial charge in [0.05, 0.1) is 12.7 Å². The highest BCUT2D eigenvalue weighted by molar-refractivity contribution is 7.99. The molecule has 0 unspecified atom stereocenters. The highest BCUT2D eigenvalue weighted by atomic mass is 32.2. The van der Waals surface area contributed by atoms with Crippen molar-refractivity contribution < 1.29 is 14.3 Å². The van der Waals surface area contributed by atoms with Crippen LogP contribution in [0.4, 0.5) is 0 Å². The second-order valence-corrected chi connectivity index (χ2v) is 6.38. The number of carbonyl (C=O) groups excluding carboxylic acids is 2. The normalized spacial score (nSPS) is 24.5. The fourth-order valence-corrected chi connectivity index (χ4v) is 4.39. The highest BCUT2D eigenvalue weighted by Crippen LogP contribution is 2.44. The molecule has 1 aromatic carbocycles. The van der Waals surface area contributed by atoms with Gasteiger partial charge < -0.3 is 9.64 Å². The van der Waals surface area contributed by atoms with Crippen molar-refractivity contribution in [1.29, 1.82) is 0 Å². The summed E-state index contributed by atoms with van der Waals surface area (Å²) in [5.74, 6) is 0.429. The van der Waals surface area contributed by atoms with Crippen molar-refractivity contribution in [3.05, 3.63) is 35.4 Å². The van der Waals surface area contributed by atoms with Crippen molar-refractivity contribution >= 4 is 41.0 Å². The largest absolute Gasteiger partial charge is 0.465 e. The molecule has 1 aromatic rings. The van der Waals surface area contributed by atoms with E-state index < -0.39 is 0 Å². The fourth-order valence-electron chi connectivity index (χ4n) is 2.58. The Balaban J connectivity index is 1.86. The number of carbonyl (C=O) groups is 2. The van der Waals surface area contributed by atoms with Crippen LogP contribution in [-0.4, -0.2) is 52.7 Å². The number of thioether (sulfide) groups is 1. The Morgan fingerprint density at radius 1 is 1.38 bits per heavy atom. The van der Waals surface area contributed by atoms with Crippen LogP contribution in [-0.2, 0) is 9.53 Å². The molecule has 2 aliphatic rings. The van der Waals surface area contributed by atoms with Crippen LogP contribution in [0.3, 0.4) is 0 Å². The third-order valence-electron chi connectivity index (χ3n) is 3.74. The summed E-state index contributed by atoms with van der Waals surface area (Å²) in [4.78, 5) is 27.1. The number of hydrogen-bond acceptors (Lipinski definition) is 5. The van der Waals surface area contributed by atoms with Crippen LogP contribution in [0.2, 0.25) is 0 Å². The number of methoxy groups -OCH3 is 1. The Bertz CT molecular complexity index is 617. The van der Waals surface area contributed by atoms with Crippen LogP contribution in [0.25, 0.3) is 0 Å². The topological polar surface area (TPSA) is 49.9 Å². The zero-order valence-electron chi connectivity index (χ0n) is 11.6. The Morgan fingerprint density at radius 3 is 2.67 bits per heavy atom. The molecule has 0 bridgehead atoms. The van der Waals surface area contributed by atoms with Crippen LogP contribution in [0.15, 0.2) is 24.3 Å². The van der Waals surface area contributed by atoms with Crippen molar-refractivity contribution in [2.24, 2.45) is 0 Å². The summed E-state index contributed by atoms with van der Waals surface area (Å²) in [6.07, 6.45) is 0. The van der Waals surface area contributed by atoms with E-state index in [4.69, 9.17) is 12.2 Å². The summed E-state index contributed by atoms with van der Waals surface area (Å²) >= 11 is 7.06. The molecular weight excluding hydrogens is 308 g/mol. The number of hydrogen-bond donors (Lipinski definition) is 0. The molecule has 7 heteroatoms. The summed E-state index contributed by atoms with van der Waals surface area (Å²) < 4.78 is 4.69. The van der Waals surface area contributed by atoms with Crippen molar-refractivity contribution in [2.75, 3.05) is 19.9 Å². The van der Waals surface area contributed by atoms with Crippen LogP contribution in [0.5, 0.6) is 0 Å². The predicted octanol–water partition coefficient (Wildman–Crippen LogP) is 1.65. The van der Waals surface area contributed by atoms with Crippen molar-refractivity contribution in [1.82, 2.24) is 9.80 Å². The summed E-state index contributed by atoms with van der Waals surface area (Å²) in [5.41, 5.74) is 1.54. The quantitative estimate of drug-likeness (QED) is 0.609. The van der Waals surface area contributed by atoms with Gasteiger partial charge in [0.2, 0.25) is 0 Å². The van der Waals surface area contributed by atoms with Gasteiger partial charge in [0.1, 0.15) is 11.4 Å². The Morgan fingerprint density at radius 2 is 2.05 bits per heavy atom. The minimum Gasteiger partial charge on any atom is -0.465 e. The van der Waals surface area contributed by atoms with Gasteiger partial charge in [0.15, 0.2) is 5.11 Å². The number of benzene rings is 1. The SMILES string of the molecule is COC(=O)c1ccc([C@H]2SC[C@H]3C(=O)N(C)C(=S)N23)cc1. The smallest absolute Gasteiger partial charge is 0.337 e. The number of fused-ring (bicyclic) bond motifs is 1. The van der Waals surface area contributed by atoms with E-state index in [1.165, 1.54) is 12.0 Å². The maximum absolute atomic E-state index is 12.1. The van der Waals surface area contributed by atoms with E-state index in [9.17, 15) is 9.59 Å². The number of rotatable bonds is 2. The van der Waals surface area contributed by atoms with E-state index in [-0.39, 0.29) is 23.3 Å². The molecule has 0 radical (unpaired) electrons.